The normalized spacial score (nSPS) is 22.5. The van der Waals surface area contributed by atoms with E-state index in [1.165, 1.54) is 12.1 Å². The Balaban J connectivity index is 2.11. The van der Waals surface area contributed by atoms with Gasteiger partial charge in [-0.1, -0.05) is 0 Å². The Morgan fingerprint density at radius 1 is 1.37 bits per heavy atom. The number of nitriles is 1. The third-order valence-electron chi connectivity index (χ3n) is 3.38. The van der Waals surface area contributed by atoms with Crippen molar-refractivity contribution >= 4 is 11.4 Å². The number of benzene rings is 1. The van der Waals surface area contributed by atoms with Gasteiger partial charge in [0.1, 0.15) is 11.6 Å². The number of anilines is 1. The lowest BCUT2D eigenvalue weighted by molar-refractivity contribution is -0.385. The van der Waals surface area contributed by atoms with E-state index in [1.807, 2.05) is 6.07 Å². The molecule has 1 fully saturated rings. The first-order chi connectivity index (χ1) is 9.10. The van der Waals surface area contributed by atoms with Gasteiger partial charge in [0.05, 0.1) is 11.0 Å². The number of nitrogens with zero attached hydrogens (tertiary/aromatic N) is 2. The zero-order valence-corrected chi connectivity index (χ0v) is 10.4. The van der Waals surface area contributed by atoms with Crippen molar-refractivity contribution in [3.63, 3.8) is 0 Å². The van der Waals surface area contributed by atoms with Gasteiger partial charge in [-0.15, -0.1) is 0 Å². The summed E-state index contributed by atoms with van der Waals surface area (Å²) < 4.78 is 0. The van der Waals surface area contributed by atoms with Crippen LogP contribution in [-0.4, -0.2) is 22.2 Å². The molecule has 2 rings (SSSR count). The predicted octanol–water partition coefficient (Wildman–Crippen LogP) is 2.18. The van der Waals surface area contributed by atoms with Crippen molar-refractivity contribution in [1.29, 1.82) is 5.26 Å². The molecule has 0 atom stereocenters. The predicted molar refractivity (Wildman–Crippen MR) is 69.7 cm³/mol. The first-order valence-electron chi connectivity index (χ1n) is 6.23. The van der Waals surface area contributed by atoms with Crippen LogP contribution in [0.3, 0.4) is 0 Å². The molecular weight excluding hydrogens is 246 g/mol. The Bertz CT molecular complexity index is 516. The van der Waals surface area contributed by atoms with Crippen molar-refractivity contribution < 1.29 is 10.0 Å². The van der Waals surface area contributed by atoms with Gasteiger partial charge in [0, 0.05) is 17.8 Å². The summed E-state index contributed by atoms with van der Waals surface area (Å²) in [5.74, 6) is 0. The van der Waals surface area contributed by atoms with Crippen LogP contribution in [0.1, 0.15) is 31.2 Å². The minimum absolute atomic E-state index is 0.0645. The van der Waals surface area contributed by atoms with Crippen molar-refractivity contribution in [2.45, 2.75) is 37.8 Å². The first kappa shape index (κ1) is 13.3. The van der Waals surface area contributed by atoms with E-state index in [0.29, 0.717) is 5.69 Å². The monoisotopic (exact) mass is 261 g/mol. The van der Waals surface area contributed by atoms with Gasteiger partial charge in [-0.3, -0.25) is 10.1 Å². The van der Waals surface area contributed by atoms with E-state index in [1.54, 1.807) is 6.07 Å². The summed E-state index contributed by atoms with van der Waals surface area (Å²) in [6.45, 7) is 0. The standard InChI is InChI=1S/C13H15N3O3/c14-8-9-1-2-11(7-13(9)16(18)19)15-10-3-5-12(17)6-4-10/h1-2,7,10,12,15,17H,3-6H2. The third-order valence-corrected chi connectivity index (χ3v) is 3.38. The molecule has 6 nitrogen and oxygen atoms in total. The van der Waals surface area contributed by atoms with Gasteiger partial charge in [-0.2, -0.15) is 5.26 Å². The average molecular weight is 261 g/mol. The summed E-state index contributed by atoms with van der Waals surface area (Å²) in [7, 11) is 0. The number of nitrogens with one attached hydrogen (secondary N) is 1. The topological polar surface area (TPSA) is 99.2 Å². The number of nitro benzene ring substituents is 1. The molecule has 0 unspecified atom stereocenters. The summed E-state index contributed by atoms with van der Waals surface area (Å²) in [5, 5.41) is 32.3. The maximum Gasteiger partial charge on any atom is 0.289 e. The number of aliphatic hydroxyl groups is 1. The van der Waals surface area contributed by atoms with Crippen molar-refractivity contribution in [2.24, 2.45) is 0 Å². The second-order valence-corrected chi connectivity index (χ2v) is 4.75. The lowest BCUT2D eigenvalue weighted by atomic mass is 9.93. The van der Waals surface area contributed by atoms with E-state index in [0.717, 1.165) is 25.7 Å². The van der Waals surface area contributed by atoms with Crippen LogP contribution in [-0.2, 0) is 0 Å². The molecule has 1 aromatic carbocycles. The molecule has 1 aliphatic carbocycles. The van der Waals surface area contributed by atoms with E-state index in [-0.39, 0.29) is 23.4 Å². The highest BCUT2D eigenvalue weighted by molar-refractivity contribution is 5.59. The molecule has 1 saturated carbocycles. The summed E-state index contributed by atoms with van der Waals surface area (Å²) in [6.07, 6.45) is 2.95. The van der Waals surface area contributed by atoms with Crippen LogP contribution in [0.15, 0.2) is 18.2 Å². The van der Waals surface area contributed by atoms with Crippen LogP contribution >= 0.6 is 0 Å². The maximum atomic E-state index is 10.9. The fourth-order valence-corrected chi connectivity index (χ4v) is 2.32. The van der Waals surface area contributed by atoms with E-state index in [9.17, 15) is 15.2 Å². The summed E-state index contributed by atoms with van der Waals surface area (Å²) >= 11 is 0. The zero-order chi connectivity index (χ0) is 13.8. The molecule has 0 bridgehead atoms. The summed E-state index contributed by atoms with van der Waals surface area (Å²) in [6, 6.07) is 6.56. The van der Waals surface area contributed by atoms with Crippen LogP contribution in [0.2, 0.25) is 0 Å². The molecule has 0 aliphatic heterocycles. The van der Waals surface area contributed by atoms with Crippen LogP contribution in [0.5, 0.6) is 0 Å². The number of nitro groups is 1. The largest absolute Gasteiger partial charge is 0.393 e. The Hall–Kier alpha value is -2.13. The SMILES string of the molecule is N#Cc1ccc(NC2CCC(O)CC2)cc1[N+](=O)[O-]. The molecule has 0 heterocycles. The molecule has 0 amide bonds. The number of hydrogen-bond acceptors (Lipinski definition) is 5. The van der Waals surface area contributed by atoms with Crippen LogP contribution < -0.4 is 5.32 Å². The van der Waals surface area contributed by atoms with Crippen LogP contribution in [0.25, 0.3) is 0 Å². The zero-order valence-electron chi connectivity index (χ0n) is 10.4. The molecule has 0 spiro atoms. The summed E-state index contributed by atoms with van der Waals surface area (Å²) in [4.78, 5) is 10.3. The van der Waals surface area contributed by atoms with Gasteiger partial charge in [0.25, 0.3) is 5.69 Å². The molecule has 1 aromatic rings. The Labute approximate surface area is 110 Å². The molecule has 1 aliphatic rings. The third kappa shape index (κ3) is 3.20. The van der Waals surface area contributed by atoms with Gasteiger partial charge in [0.15, 0.2) is 0 Å². The Morgan fingerprint density at radius 3 is 2.63 bits per heavy atom. The van der Waals surface area contributed by atoms with Crippen LogP contribution in [0, 0.1) is 21.4 Å². The highest BCUT2D eigenvalue weighted by atomic mass is 16.6. The second-order valence-electron chi connectivity index (χ2n) is 4.75. The van der Waals surface area contributed by atoms with Crippen LogP contribution in [0.4, 0.5) is 11.4 Å². The molecule has 0 radical (unpaired) electrons. The van der Waals surface area contributed by atoms with Gasteiger partial charge >= 0.3 is 0 Å². The quantitative estimate of drug-likeness (QED) is 0.641. The van der Waals surface area contributed by atoms with E-state index in [2.05, 4.69) is 5.32 Å². The van der Waals surface area contributed by atoms with E-state index < -0.39 is 4.92 Å². The molecule has 19 heavy (non-hydrogen) atoms. The lowest BCUT2D eigenvalue weighted by Crippen LogP contribution is -2.28. The average Bonchev–Trinajstić information content (AvgIpc) is 2.41. The fourth-order valence-electron chi connectivity index (χ4n) is 2.32. The van der Waals surface area contributed by atoms with Crippen molar-refractivity contribution in [2.75, 3.05) is 5.32 Å². The lowest BCUT2D eigenvalue weighted by Gasteiger charge is -2.26. The van der Waals surface area contributed by atoms with Gasteiger partial charge in [-0.25, -0.2) is 0 Å². The molecular formula is C13H15N3O3. The highest BCUT2D eigenvalue weighted by Gasteiger charge is 2.20. The van der Waals surface area contributed by atoms with Gasteiger partial charge in [0.2, 0.25) is 0 Å². The van der Waals surface area contributed by atoms with E-state index >= 15 is 0 Å². The van der Waals surface area contributed by atoms with Crippen molar-refractivity contribution in [3.8, 4) is 6.07 Å². The number of hydrogen-bond donors (Lipinski definition) is 2. The Kier molecular flexibility index (Phi) is 3.97. The highest BCUT2D eigenvalue weighted by Crippen LogP contribution is 2.26. The van der Waals surface area contributed by atoms with Crippen molar-refractivity contribution in [3.05, 3.63) is 33.9 Å². The summed E-state index contributed by atoms with van der Waals surface area (Å²) in [5.41, 5.74) is 0.532. The first-order valence-corrected chi connectivity index (χ1v) is 6.23. The Morgan fingerprint density at radius 2 is 2.05 bits per heavy atom. The number of rotatable bonds is 3. The molecule has 100 valence electrons. The molecule has 6 heteroatoms. The van der Waals surface area contributed by atoms with Gasteiger partial charge < -0.3 is 10.4 Å². The van der Waals surface area contributed by atoms with Crippen molar-refractivity contribution in [1.82, 2.24) is 0 Å². The minimum Gasteiger partial charge on any atom is -0.393 e. The minimum atomic E-state index is -0.547. The molecule has 2 N–H and O–H groups in total. The molecule has 0 saturated heterocycles. The fraction of sp³-hybridized carbons (Fsp3) is 0.462. The van der Waals surface area contributed by atoms with Gasteiger partial charge in [-0.05, 0) is 37.8 Å². The smallest absolute Gasteiger partial charge is 0.289 e. The maximum absolute atomic E-state index is 10.9. The number of aliphatic hydroxyl groups excluding tert-OH is 1. The second kappa shape index (κ2) is 5.67. The van der Waals surface area contributed by atoms with E-state index in [4.69, 9.17) is 5.26 Å². The molecule has 0 aromatic heterocycles.